The molecular weight excluding hydrogens is 330 g/mol. The number of ether oxygens (including phenoxy) is 1. The normalized spacial score (nSPS) is 21.0. The smallest absolute Gasteiger partial charge is 0.411 e. The lowest BCUT2D eigenvalue weighted by Gasteiger charge is -2.38. The van der Waals surface area contributed by atoms with E-state index in [2.05, 4.69) is 13.0 Å². The fourth-order valence-corrected chi connectivity index (χ4v) is 3.82. The van der Waals surface area contributed by atoms with Crippen molar-refractivity contribution in [3.63, 3.8) is 0 Å². The largest absolute Gasteiger partial charge is 0.480 e. The van der Waals surface area contributed by atoms with E-state index in [1.807, 2.05) is 51.1 Å². The molecule has 0 bridgehead atoms. The number of benzene rings is 1. The first-order valence-electron chi connectivity index (χ1n) is 9.18. The molecule has 5 nitrogen and oxygen atoms in total. The highest BCUT2D eigenvalue weighted by molar-refractivity contribution is 5.80. The van der Waals surface area contributed by atoms with Crippen LogP contribution < -0.4 is 0 Å². The highest BCUT2D eigenvalue weighted by Gasteiger charge is 2.40. The van der Waals surface area contributed by atoms with Gasteiger partial charge in [-0.25, -0.2) is 9.59 Å². The second-order valence-corrected chi connectivity index (χ2v) is 7.51. The maximum atomic E-state index is 12.7. The molecule has 0 fully saturated rings. The van der Waals surface area contributed by atoms with Gasteiger partial charge >= 0.3 is 12.1 Å². The number of aliphatic carboxylic acids is 1. The Bertz CT molecular complexity index is 653. The van der Waals surface area contributed by atoms with Crippen LogP contribution in [0.3, 0.4) is 0 Å². The van der Waals surface area contributed by atoms with Gasteiger partial charge in [0, 0.05) is 6.04 Å². The van der Waals surface area contributed by atoms with Gasteiger partial charge in [-0.3, -0.25) is 4.90 Å². The molecule has 1 N–H and O–H groups in total. The Morgan fingerprint density at radius 2 is 1.92 bits per heavy atom. The van der Waals surface area contributed by atoms with Crippen LogP contribution in [0.1, 0.15) is 46.1 Å². The van der Waals surface area contributed by atoms with Gasteiger partial charge in [0.15, 0.2) is 0 Å². The average Bonchev–Trinajstić information content (AvgIpc) is 2.56. The van der Waals surface area contributed by atoms with Gasteiger partial charge in [0.05, 0.1) is 0 Å². The van der Waals surface area contributed by atoms with E-state index in [4.69, 9.17) is 4.74 Å². The average molecular weight is 359 g/mol. The quantitative estimate of drug-likeness (QED) is 0.761. The van der Waals surface area contributed by atoms with Gasteiger partial charge in [-0.15, -0.1) is 0 Å². The van der Waals surface area contributed by atoms with Gasteiger partial charge in [0.25, 0.3) is 0 Å². The van der Waals surface area contributed by atoms with Gasteiger partial charge < -0.3 is 9.84 Å². The first-order chi connectivity index (χ1) is 12.3. The SMILES string of the molecule is CC1=CC(C)CC(C(C(=O)O)N(C(=O)OCc2ccccc2)C(C)C)C1. The monoisotopic (exact) mass is 359 g/mol. The number of carboxylic acid groups (broad SMARTS) is 1. The van der Waals surface area contributed by atoms with E-state index < -0.39 is 18.1 Å². The van der Waals surface area contributed by atoms with Crippen LogP contribution in [0.25, 0.3) is 0 Å². The van der Waals surface area contributed by atoms with Gasteiger partial charge in [0.1, 0.15) is 12.6 Å². The van der Waals surface area contributed by atoms with Crippen LogP contribution in [0.5, 0.6) is 0 Å². The van der Waals surface area contributed by atoms with Gasteiger partial charge in [-0.2, -0.15) is 0 Å². The molecule has 1 aliphatic carbocycles. The third-order valence-corrected chi connectivity index (χ3v) is 4.80. The molecule has 0 saturated carbocycles. The summed E-state index contributed by atoms with van der Waals surface area (Å²) in [5.74, 6) is -0.772. The molecule has 1 aliphatic rings. The number of hydrogen-bond donors (Lipinski definition) is 1. The fraction of sp³-hybridized carbons (Fsp3) is 0.524. The summed E-state index contributed by atoms with van der Waals surface area (Å²) in [6.45, 7) is 7.90. The summed E-state index contributed by atoms with van der Waals surface area (Å²) in [4.78, 5) is 26.2. The van der Waals surface area contributed by atoms with Crippen molar-refractivity contribution < 1.29 is 19.4 Å². The number of amides is 1. The van der Waals surface area contributed by atoms with Crippen LogP contribution in [0.15, 0.2) is 42.0 Å². The van der Waals surface area contributed by atoms with Crippen LogP contribution in [0.4, 0.5) is 4.79 Å². The van der Waals surface area contributed by atoms with Gasteiger partial charge in [0.2, 0.25) is 0 Å². The zero-order valence-electron chi connectivity index (χ0n) is 16.0. The van der Waals surface area contributed by atoms with Crippen molar-refractivity contribution in [1.82, 2.24) is 4.90 Å². The van der Waals surface area contributed by atoms with Crippen molar-refractivity contribution in [3.8, 4) is 0 Å². The van der Waals surface area contributed by atoms with E-state index >= 15 is 0 Å². The summed E-state index contributed by atoms with van der Waals surface area (Å²) in [6, 6.07) is 8.25. The predicted molar refractivity (Wildman–Crippen MR) is 101 cm³/mol. The Kier molecular flexibility index (Phi) is 6.83. The highest BCUT2D eigenvalue weighted by Crippen LogP contribution is 2.33. The summed E-state index contributed by atoms with van der Waals surface area (Å²) in [7, 11) is 0. The number of rotatable bonds is 6. The molecule has 0 heterocycles. The number of carbonyl (C=O) groups is 2. The molecule has 0 radical (unpaired) electrons. The summed E-state index contributed by atoms with van der Waals surface area (Å²) in [6.07, 6.45) is 3.05. The molecule has 2 rings (SSSR count). The minimum absolute atomic E-state index is 0.112. The van der Waals surface area contributed by atoms with Crippen LogP contribution in [-0.2, 0) is 16.1 Å². The Morgan fingerprint density at radius 3 is 2.46 bits per heavy atom. The molecule has 5 heteroatoms. The second-order valence-electron chi connectivity index (χ2n) is 7.51. The zero-order valence-corrected chi connectivity index (χ0v) is 16.0. The summed E-state index contributed by atoms with van der Waals surface area (Å²) < 4.78 is 5.44. The van der Waals surface area contributed by atoms with Crippen LogP contribution in [-0.4, -0.2) is 34.2 Å². The lowest BCUT2D eigenvalue weighted by Crippen LogP contribution is -2.53. The summed E-state index contributed by atoms with van der Waals surface area (Å²) in [5.41, 5.74) is 2.06. The van der Waals surface area contributed by atoms with E-state index in [9.17, 15) is 14.7 Å². The lowest BCUT2D eigenvalue weighted by molar-refractivity contribution is -0.146. The predicted octanol–water partition coefficient (Wildman–Crippen LogP) is 4.48. The third-order valence-electron chi connectivity index (χ3n) is 4.80. The standard InChI is InChI=1S/C21H29NO4/c1-14(2)22(21(25)26-13-17-8-6-5-7-9-17)19(20(23)24)18-11-15(3)10-16(4)12-18/h5-10,14-15,18-19H,11-13H2,1-4H3,(H,23,24). The third kappa shape index (κ3) is 5.10. The molecule has 0 saturated heterocycles. The number of carboxylic acids is 1. The van der Waals surface area contributed by atoms with Crippen LogP contribution >= 0.6 is 0 Å². The molecule has 0 aromatic heterocycles. The molecule has 26 heavy (non-hydrogen) atoms. The Hall–Kier alpha value is -2.30. The number of allylic oxidation sites excluding steroid dienone is 2. The van der Waals surface area contributed by atoms with Crippen molar-refractivity contribution in [3.05, 3.63) is 47.5 Å². The van der Waals surface area contributed by atoms with E-state index in [1.165, 1.54) is 10.5 Å². The van der Waals surface area contributed by atoms with Crippen molar-refractivity contribution >= 4 is 12.1 Å². The van der Waals surface area contributed by atoms with E-state index in [0.29, 0.717) is 12.3 Å². The molecule has 3 unspecified atom stereocenters. The first-order valence-corrected chi connectivity index (χ1v) is 9.18. The van der Waals surface area contributed by atoms with Gasteiger partial charge in [-0.05, 0) is 51.0 Å². The Labute approximate surface area is 155 Å². The van der Waals surface area contributed by atoms with Crippen molar-refractivity contribution in [1.29, 1.82) is 0 Å². The van der Waals surface area contributed by atoms with E-state index in [1.54, 1.807) is 0 Å². The zero-order chi connectivity index (χ0) is 19.3. The molecule has 3 atom stereocenters. The molecule has 142 valence electrons. The molecular formula is C21H29NO4. The topological polar surface area (TPSA) is 66.8 Å². The maximum absolute atomic E-state index is 12.7. The molecule has 1 aromatic carbocycles. The molecule has 1 amide bonds. The van der Waals surface area contributed by atoms with Gasteiger partial charge in [-0.1, -0.05) is 48.9 Å². The highest BCUT2D eigenvalue weighted by atomic mass is 16.6. The number of hydrogen-bond acceptors (Lipinski definition) is 3. The summed E-state index contributed by atoms with van der Waals surface area (Å²) in [5, 5.41) is 9.88. The Morgan fingerprint density at radius 1 is 1.27 bits per heavy atom. The second kappa shape index (κ2) is 8.88. The number of carbonyl (C=O) groups excluding carboxylic acids is 1. The summed E-state index contributed by atoms with van der Waals surface area (Å²) >= 11 is 0. The van der Waals surface area contributed by atoms with E-state index in [0.717, 1.165) is 12.0 Å². The molecule has 1 aromatic rings. The Balaban J connectivity index is 2.17. The van der Waals surface area contributed by atoms with Crippen molar-refractivity contribution in [2.75, 3.05) is 0 Å². The maximum Gasteiger partial charge on any atom is 0.411 e. The van der Waals surface area contributed by atoms with Crippen LogP contribution in [0.2, 0.25) is 0 Å². The van der Waals surface area contributed by atoms with Crippen LogP contribution in [0, 0.1) is 11.8 Å². The minimum atomic E-state index is -0.970. The molecule has 0 spiro atoms. The lowest BCUT2D eigenvalue weighted by atomic mass is 9.79. The van der Waals surface area contributed by atoms with Crippen molar-refractivity contribution in [2.24, 2.45) is 11.8 Å². The minimum Gasteiger partial charge on any atom is -0.480 e. The molecule has 0 aliphatic heterocycles. The van der Waals surface area contributed by atoms with Crippen molar-refractivity contribution in [2.45, 2.75) is 59.2 Å². The number of nitrogens with zero attached hydrogens (tertiary/aromatic N) is 1. The van der Waals surface area contributed by atoms with E-state index in [-0.39, 0.29) is 18.6 Å². The fourth-order valence-electron chi connectivity index (χ4n) is 3.82. The first kappa shape index (κ1) is 20.0.